The first-order chi connectivity index (χ1) is 7.36. The number of piperidine rings is 1. The quantitative estimate of drug-likeness (QED) is 0.747. The molecular formula is C13H24N2. The SMILES string of the molecule is C1CN(CC2CCC3(CCCC3)CN2)C1. The first-order valence-electron chi connectivity index (χ1n) is 6.82. The van der Waals surface area contributed by atoms with Gasteiger partial charge in [0.05, 0.1) is 0 Å². The van der Waals surface area contributed by atoms with E-state index in [0.717, 1.165) is 11.5 Å². The molecule has 2 aliphatic heterocycles. The van der Waals surface area contributed by atoms with Crippen LogP contribution in [0.5, 0.6) is 0 Å². The summed E-state index contributed by atoms with van der Waals surface area (Å²) in [6.45, 7) is 5.33. The van der Waals surface area contributed by atoms with Crippen molar-refractivity contribution in [1.29, 1.82) is 0 Å². The van der Waals surface area contributed by atoms with Crippen LogP contribution < -0.4 is 5.32 Å². The summed E-state index contributed by atoms with van der Waals surface area (Å²) in [4.78, 5) is 2.60. The van der Waals surface area contributed by atoms with E-state index in [2.05, 4.69) is 10.2 Å². The summed E-state index contributed by atoms with van der Waals surface area (Å²) in [5, 5.41) is 3.81. The van der Waals surface area contributed by atoms with Gasteiger partial charge >= 0.3 is 0 Å². The van der Waals surface area contributed by atoms with E-state index in [9.17, 15) is 0 Å². The van der Waals surface area contributed by atoms with E-state index >= 15 is 0 Å². The molecule has 2 saturated heterocycles. The fourth-order valence-corrected chi connectivity index (χ4v) is 3.62. The van der Waals surface area contributed by atoms with Crippen molar-refractivity contribution >= 4 is 0 Å². The van der Waals surface area contributed by atoms with Crippen LogP contribution in [0.15, 0.2) is 0 Å². The lowest BCUT2D eigenvalue weighted by Crippen LogP contribution is -2.52. The van der Waals surface area contributed by atoms with Gasteiger partial charge in [0.2, 0.25) is 0 Å². The van der Waals surface area contributed by atoms with Gasteiger partial charge in [-0.3, -0.25) is 0 Å². The first-order valence-corrected chi connectivity index (χ1v) is 6.82. The smallest absolute Gasteiger partial charge is 0.0195 e. The molecule has 0 amide bonds. The molecule has 0 bridgehead atoms. The van der Waals surface area contributed by atoms with Crippen molar-refractivity contribution in [3.63, 3.8) is 0 Å². The van der Waals surface area contributed by atoms with Crippen LogP contribution in [0.4, 0.5) is 0 Å². The summed E-state index contributed by atoms with van der Waals surface area (Å²) < 4.78 is 0. The Morgan fingerprint density at radius 1 is 1.07 bits per heavy atom. The predicted octanol–water partition coefficient (Wildman–Crippen LogP) is 2.00. The summed E-state index contributed by atoms with van der Waals surface area (Å²) in [7, 11) is 0. The van der Waals surface area contributed by atoms with Gasteiger partial charge in [0, 0.05) is 19.1 Å². The third-order valence-corrected chi connectivity index (χ3v) is 4.88. The van der Waals surface area contributed by atoms with Crippen LogP contribution in [0.25, 0.3) is 0 Å². The van der Waals surface area contributed by atoms with Crippen LogP contribution in [0.1, 0.15) is 44.9 Å². The second-order valence-electron chi connectivity index (χ2n) is 5.98. The monoisotopic (exact) mass is 208 g/mol. The highest BCUT2D eigenvalue weighted by Crippen LogP contribution is 2.43. The molecular weight excluding hydrogens is 184 g/mol. The lowest BCUT2D eigenvalue weighted by molar-refractivity contribution is 0.119. The zero-order chi connectivity index (χ0) is 10.1. The fraction of sp³-hybridized carbons (Fsp3) is 1.00. The van der Waals surface area contributed by atoms with Gasteiger partial charge < -0.3 is 10.2 Å². The van der Waals surface area contributed by atoms with Crippen molar-refractivity contribution in [2.75, 3.05) is 26.2 Å². The third-order valence-electron chi connectivity index (χ3n) is 4.88. The average Bonchev–Trinajstić information content (AvgIpc) is 2.63. The van der Waals surface area contributed by atoms with Crippen LogP contribution in [0, 0.1) is 5.41 Å². The molecule has 86 valence electrons. The number of hydrogen-bond acceptors (Lipinski definition) is 2. The van der Waals surface area contributed by atoms with Gasteiger partial charge in [0.25, 0.3) is 0 Å². The molecule has 1 atom stereocenters. The lowest BCUT2D eigenvalue weighted by atomic mass is 9.77. The molecule has 15 heavy (non-hydrogen) atoms. The number of nitrogens with zero attached hydrogens (tertiary/aromatic N) is 1. The summed E-state index contributed by atoms with van der Waals surface area (Å²) in [5.74, 6) is 0. The minimum Gasteiger partial charge on any atom is -0.312 e. The molecule has 0 aromatic rings. The van der Waals surface area contributed by atoms with E-state index in [1.165, 1.54) is 71.1 Å². The summed E-state index contributed by atoms with van der Waals surface area (Å²) in [6.07, 6.45) is 10.3. The molecule has 0 radical (unpaired) electrons. The number of hydrogen-bond donors (Lipinski definition) is 1. The number of rotatable bonds is 2. The van der Waals surface area contributed by atoms with Gasteiger partial charge in [-0.15, -0.1) is 0 Å². The number of nitrogens with one attached hydrogen (secondary N) is 1. The Bertz CT molecular complexity index is 207. The van der Waals surface area contributed by atoms with Gasteiger partial charge in [0.1, 0.15) is 0 Å². The molecule has 1 spiro atoms. The van der Waals surface area contributed by atoms with Gasteiger partial charge in [-0.25, -0.2) is 0 Å². The lowest BCUT2D eigenvalue weighted by Gasteiger charge is -2.41. The summed E-state index contributed by atoms with van der Waals surface area (Å²) in [6, 6.07) is 0.802. The van der Waals surface area contributed by atoms with Gasteiger partial charge in [0.15, 0.2) is 0 Å². The van der Waals surface area contributed by atoms with Crippen LogP contribution in [-0.4, -0.2) is 37.1 Å². The van der Waals surface area contributed by atoms with Gasteiger partial charge in [-0.1, -0.05) is 12.8 Å². The molecule has 3 rings (SSSR count). The Morgan fingerprint density at radius 3 is 2.40 bits per heavy atom. The van der Waals surface area contributed by atoms with Crippen molar-refractivity contribution in [2.24, 2.45) is 5.41 Å². The molecule has 0 aromatic carbocycles. The topological polar surface area (TPSA) is 15.3 Å². The zero-order valence-corrected chi connectivity index (χ0v) is 9.80. The molecule has 3 fully saturated rings. The van der Waals surface area contributed by atoms with Crippen molar-refractivity contribution < 1.29 is 0 Å². The standard InChI is InChI=1S/C13H24N2/c1-2-6-13(5-1)7-4-12(14-11-13)10-15-8-3-9-15/h12,14H,1-11H2. The molecule has 2 heteroatoms. The molecule has 1 saturated carbocycles. The van der Waals surface area contributed by atoms with E-state index < -0.39 is 0 Å². The number of likely N-dealkylation sites (tertiary alicyclic amines) is 1. The van der Waals surface area contributed by atoms with Crippen LogP contribution in [-0.2, 0) is 0 Å². The molecule has 0 aromatic heterocycles. The molecule has 2 nitrogen and oxygen atoms in total. The second-order valence-corrected chi connectivity index (χ2v) is 5.98. The molecule has 1 unspecified atom stereocenters. The minimum absolute atomic E-state index is 0.728. The maximum absolute atomic E-state index is 3.81. The third kappa shape index (κ3) is 2.07. The molecule has 3 aliphatic rings. The summed E-state index contributed by atoms with van der Waals surface area (Å²) >= 11 is 0. The molecule has 1 N–H and O–H groups in total. The highest BCUT2D eigenvalue weighted by molar-refractivity contribution is 4.93. The van der Waals surface area contributed by atoms with Crippen LogP contribution >= 0.6 is 0 Å². The van der Waals surface area contributed by atoms with Gasteiger partial charge in [-0.2, -0.15) is 0 Å². The van der Waals surface area contributed by atoms with E-state index in [1.807, 2.05) is 0 Å². The Labute approximate surface area is 93.4 Å². The van der Waals surface area contributed by atoms with Crippen molar-refractivity contribution in [3.05, 3.63) is 0 Å². The highest BCUT2D eigenvalue weighted by atomic mass is 15.2. The fourth-order valence-electron chi connectivity index (χ4n) is 3.62. The van der Waals surface area contributed by atoms with Crippen LogP contribution in [0.3, 0.4) is 0 Å². The Hall–Kier alpha value is -0.0800. The van der Waals surface area contributed by atoms with E-state index in [1.54, 1.807) is 0 Å². The molecule has 2 heterocycles. The Balaban J connectivity index is 1.47. The first kappa shape index (κ1) is 10.1. The van der Waals surface area contributed by atoms with Crippen molar-refractivity contribution in [3.8, 4) is 0 Å². The predicted molar refractivity (Wildman–Crippen MR) is 63.0 cm³/mol. The molecule has 1 aliphatic carbocycles. The van der Waals surface area contributed by atoms with Gasteiger partial charge in [-0.05, 0) is 50.6 Å². The van der Waals surface area contributed by atoms with E-state index in [-0.39, 0.29) is 0 Å². The average molecular weight is 208 g/mol. The second kappa shape index (κ2) is 4.06. The normalized spacial score (nSPS) is 35.6. The maximum Gasteiger partial charge on any atom is 0.0195 e. The Kier molecular flexibility index (Phi) is 2.73. The highest BCUT2D eigenvalue weighted by Gasteiger charge is 2.37. The largest absolute Gasteiger partial charge is 0.312 e. The van der Waals surface area contributed by atoms with E-state index in [4.69, 9.17) is 0 Å². The summed E-state index contributed by atoms with van der Waals surface area (Å²) in [5.41, 5.74) is 0.728. The maximum atomic E-state index is 3.81. The minimum atomic E-state index is 0.728. The Morgan fingerprint density at radius 2 is 1.87 bits per heavy atom. The van der Waals surface area contributed by atoms with Crippen LogP contribution in [0.2, 0.25) is 0 Å². The van der Waals surface area contributed by atoms with Crippen molar-refractivity contribution in [2.45, 2.75) is 51.0 Å². The zero-order valence-electron chi connectivity index (χ0n) is 9.80. The van der Waals surface area contributed by atoms with E-state index in [0.29, 0.717) is 0 Å². The van der Waals surface area contributed by atoms with Crippen molar-refractivity contribution in [1.82, 2.24) is 10.2 Å².